The minimum Gasteiger partial charge on any atom is -0.484 e. The first-order valence-corrected chi connectivity index (χ1v) is 6.66. The fourth-order valence-corrected chi connectivity index (χ4v) is 1.92. The summed E-state index contributed by atoms with van der Waals surface area (Å²) in [6, 6.07) is 13.5. The van der Waals surface area contributed by atoms with E-state index in [1.54, 1.807) is 0 Å². The van der Waals surface area contributed by atoms with E-state index in [1.807, 2.05) is 56.3 Å². The molecule has 2 aromatic rings. The third-order valence-electron chi connectivity index (χ3n) is 2.98. The highest BCUT2D eigenvalue weighted by molar-refractivity contribution is 5.85. The van der Waals surface area contributed by atoms with Crippen molar-refractivity contribution in [2.75, 3.05) is 0 Å². The molecule has 0 radical (unpaired) electrons. The second-order valence-electron chi connectivity index (χ2n) is 4.68. The number of pyridine rings is 1. The van der Waals surface area contributed by atoms with E-state index >= 15 is 0 Å². The van der Waals surface area contributed by atoms with Crippen LogP contribution in [0.2, 0.25) is 0 Å². The zero-order valence-corrected chi connectivity index (χ0v) is 12.0. The Hall–Kier alpha value is -2.62. The fourth-order valence-electron chi connectivity index (χ4n) is 1.92. The van der Waals surface area contributed by atoms with Gasteiger partial charge in [0.1, 0.15) is 17.5 Å². The van der Waals surface area contributed by atoms with Crippen LogP contribution in [0.15, 0.2) is 48.5 Å². The Morgan fingerprint density at radius 2 is 1.95 bits per heavy atom. The molecule has 1 aromatic heterocycles. The van der Waals surface area contributed by atoms with Crippen molar-refractivity contribution in [2.24, 2.45) is 0 Å². The lowest BCUT2D eigenvalue weighted by Gasteiger charge is -2.16. The molecule has 0 aliphatic carbocycles. The maximum absolute atomic E-state index is 10.7. The average molecular weight is 283 g/mol. The van der Waals surface area contributed by atoms with Crippen molar-refractivity contribution in [1.29, 1.82) is 0 Å². The summed E-state index contributed by atoms with van der Waals surface area (Å²) < 4.78 is 5.91. The quantitative estimate of drug-likeness (QED) is 0.851. The predicted molar refractivity (Wildman–Crippen MR) is 81.1 cm³/mol. The maximum atomic E-state index is 10.7. The first kappa shape index (κ1) is 14.8. The summed E-state index contributed by atoms with van der Waals surface area (Å²) in [6.45, 7) is 3.79. The van der Waals surface area contributed by atoms with Crippen LogP contribution in [-0.2, 0) is 4.79 Å². The van der Waals surface area contributed by atoms with E-state index in [2.05, 4.69) is 4.98 Å². The van der Waals surface area contributed by atoms with Crippen molar-refractivity contribution in [3.63, 3.8) is 0 Å². The van der Waals surface area contributed by atoms with E-state index < -0.39 is 5.97 Å². The number of ether oxygens (including phenoxy) is 1. The van der Waals surface area contributed by atoms with Gasteiger partial charge in [-0.25, -0.2) is 9.78 Å². The third kappa shape index (κ3) is 4.18. The van der Waals surface area contributed by atoms with Crippen molar-refractivity contribution < 1.29 is 14.6 Å². The molecular formula is C17H17NO3. The zero-order chi connectivity index (χ0) is 15.2. The number of aryl methyl sites for hydroxylation is 1. The van der Waals surface area contributed by atoms with Crippen molar-refractivity contribution >= 4 is 12.0 Å². The molecule has 4 nitrogen and oxygen atoms in total. The van der Waals surface area contributed by atoms with Crippen molar-refractivity contribution in [1.82, 2.24) is 4.98 Å². The molecular weight excluding hydrogens is 266 g/mol. The van der Waals surface area contributed by atoms with Crippen LogP contribution < -0.4 is 4.74 Å². The van der Waals surface area contributed by atoms with E-state index in [0.717, 1.165) is 17.3 Å². The Bertz CT molecular complexity index is 650. The summed E-state index contributed by atoms with van der Waals surface area (Å²) in [5.74, 6) is -0.449. The number of carboxylic acid groups (broad SMARTS) is 1. The van der Waals surface area contributed by atoms with Crippen molar-refractivity contribution in [3.8, 4) is 5.75 Å². The van der Waals surface area contributed by atoms with Crippen LogP contribution in [0.1, 0.15) is 30.0 Å². The zero-order valence-electron chi connectivity index (χ0n) is 12.0. The molecule has 0 bridgehead atoms. The smallest absolute Gasteiger partial charge is 0.328 e. The highest BCUT2D eigenvalue weighted by Gasteiger charge is 2.10. The Morgan fingerprint density at radius 1 is 1.24 bits per heavy atom. The van der Waals surface area contributed by atoms with E-state index in [-0.39, 0.29) is 6.10 Å². The molecule has 1 aromatic carbocycles. The lowest BCUT2D eigenvalue weighted by Crippen LogP contribution is -2.05. The van der Waals surface area contributed by atoms with Crippen LogP contribution in [-0.4, -0.2) is 16.1 Å². The second kappa shape index (κ2) is 6.70. The minimum atomic E-state index is -1.01. The van der Waals surface area contributed by atoms with Gasteiger partial charge in [-0.3, -0.25) is 0 Å². The van der Waals surface area contributed by atoms with Gasteiger partial charge in [-0.1, -0.05) is 30.3 Å². The summed E-state index contributed by atoms with van der Waals surface area (Å²) in [7, 11) is 0. The molecule has 1 unspecified atom stereocenters. The lowest BCUT2D eigenvalue weighted by molar-refractivity contribution is -0.131. The van der Waals surface area contributed by atoms with Crippen LogP contribution in [0.3, 0.4) is 0 Å². The molecule has 0 aliphatic heterocycles. The van der Waals surface area contributed by atoms with Crippen molar-refractivity contribution in [2.45, 2.75) is 20.0 Å². The molecule has 0 saturated carbocycles. The number of carbonyl (C=O) groups is 1. The van der Waals surface area contributed by atoms with Crippen LogP contribution in [0.25, 0.3) is 6.08 Å². The number of aromatic nitrogens is 1. The molecule has 1 atom stereocenters. The SMILES string of the molecule is Cc1ccc(OC(C)c2ccccc2)c(/C=C/C(=O)O)n1. The van der Waals surface area contributed by atoms with Gasteiger partial charge in [0.25, 0.3) is 0 Å². The molecule has 108 valence electrons. The number of rotatable bonds is 5. The van der Waals surface area contributed by atoms with E-state index in [4.69, 9.17) is 9.84 Å². The van der Waals surface area contributed by atoms with Gasteiger partial charge in [-0.2, -0.15) is 0 Å². The largest absolute Gasteiger partial charge is 0.484 e. The van der Waals surface area contributed by atoms with Crippen LogP contribution in [0.4, 0.5) is 0 Å². The molecule has 0 aliphatic rings. The molecule has 21 heavy (non-hydrogen) atoms. The Morgan fingerprint density at radius 3 is 2.62 bits per heavy atom. The molecule has 0 spiro atoms. The number of hydrogen-bond donors (Lipinski definition) is 1. The standard InChI is InChI=1S/C17H17NO3/c1-12-8-10-16(15(18-12)9-11-17(19)20)21-13(2)14-6-4-3-5-7-14/h3-11,13H,1-2H3,(H,19,20)/b11-9+. The number of carboxylic acids is 1. The van der Waals surface area contributed by atoms with Crippen LogP contribution in [0, 0.1) is 6.92 Å². The molecule has 0 saturated heterocycles. The van der Waals surface area contributed by atoms with Gasteiger partial charge in [-0.05, 0) is 37.6 Å². The predicted octanol–water partition coefficient (Wildman–Crippen LogP) is 3.63. The fraction of sp³-hybridized carbons (Fsp3) is 0.176. The lowest BCUT2D eigenvalue weighted by atomic mass is 10.1. The van der Waals surface area contributed by atoms with Gasteiger partial charge in [0.05, 0.1) is 0 Å². The highest BCUT2D eigenvalue weighted by atomic mass is 16.5. The van der Waals surface area contributed by atoms with E-state index in [0.29, 0.717) is 11.4 Å². The van der Waals surface area contributed by atoms with E-state index in [9.17, 15) is 4.79 Å². The Labute approximate surface area is 123 Å². The normalized spacial score (nSPS) is 12.3. The monoisotopic (exact) mass is 283 g/mol. The maximum Gasteiger partial charge on any atom is 0.328 e. The minimum absolute atomic E-state index is 0.146. The number of aliphatic carboxylic acids is 1. The van der Waals surface area contributed by atoms with Crippen molar-refractivity contribution in [3.05, 3.63) is 65.5 Å². The first-order chi connectivity index (χ1) is 10.1. The first-order valence-electron chi connectivity index (χ1n) is 6.66. The van der Waals surface area contributed by atoms with Gasteiger partial charge in [-0.15, -0.1) is 0 Å². The molecule has 0 fully saturated rings. The molecule has 1 N–H and O–H groups in total. The summed E-state index contributed by atoms with van der Waals surface area (Å²) in [6.07, 6.45) is 2.36. The number of nitrogens with zero attached hydrogens (tertiary/aromatic N) is 1. The summed E-state index contributed by atoms with van der Waals surface area (Å²) in [4.78, 5) is 15.0. The summed E-state index contributed by atoms with van der Waals surface area (Å²) in [5, 5.41) is 8.74. The molecule has 0 amide bonds. The molecule has 1 heterocycles. The molecule has 4 heteroatoms. The summed E-state index contributed by atoms with van der Waals surface area (Å²) in [5.41, 5.74) is 2.37. The van der Waals surface area contributed by atoms with Gasteiger partial charge >= 0.3 is 5.97 Å². The highest BCUT2D eigenvalue weighted by Crippen LogP contribution is 2.25. The van der Waals surface area contributed by atoms with Gasteiger partial charge in [0, 0.05) is 11.8 Å². The second-order valence-corrected chi connectivity index (χ2v) is 4.68. The Balaban J connectivity index is 2.25. The number of hydrogen-bond acceptors (Lipinski definition) is 3. The van der Waals surface area contributed by atoms with Crippen LogP contribution >= 0.6 is 0 Å². The van der Waals surface area contributed by atoms with Gasteiger partial charge in [0.15, 0.2) is 0 Å². The third-order valence-corrected chi connectivity index (χ3v) is 2.98. The molecule has 2 rings (SSSR count). The Kier molecular flexibility index (Phi) is 4.72. The van der Waals surface area contributed by atoms with Crippen LogP contribution in [0.5, 0.6) is 5.75 Å². The summed E-state index contributed by atoms with van der Waals surface area (Å²) >= 11 is 0. The average Bonchev–Trinajstić information content (AvgIpc) is 2.48. The topological polar surface area (TPSA) is 59.4 Å². The number of benzene rings is 1. The van der Waals surface area contributed by atoms with E-state index in [1.165, 1.54) is 6.08 Å². The van der Waals surface area contributed by atoms with Gasteiger partial charge < -0.3 is 9.84 Å². The van der Waals surface area contributed by atoms with Gasteiger partial charge in [0.2, 0.25) is 0 Å².